The minimum atomic E-state index is -1.63. The van der Waals surface area contributed by atoms with Crippen LogP contribution in [0.4, 0.5) is 8.78 Å². The number of unbranched alkanes of at least 4 members (excludes halogenated alkanes) is 2. The van der Waals surface area contributed by atoms with E-state index in [2.05, 4.69) is 6.92 Å². The van der Waals surface area contributed by atoms with Crippen LogP contribution in [0.15, 0.2) is 30.3 Å². The van der Waals surface area contributed by atoms with Crippen molar-refractivity contribution < 1.29 is 8.78 Å². The normalized spacial score (nSPS) is 22.0. The second-order valence-corrected chi connectivity index (χ2v) is 6.31. The quantitative estimate of drug-likeness (QED) is 0.507. The van der Waals surface area contributed by atoms with Crippen molar-refractivity contribution in [3.63, 3.8) is 0 Å². The van der Waals surface area contributed by atoms with Crippen LogP contribution in [-0.4, -0.2) is 0 Å². The molecule has 1 aromatic carbocycles. The summed E-state index contributed by atoms with van der Waals surface area (Å²) in [6.45, 7) is 2.25. The zero-order valence-corrected chi connectivity index (χ0v) is 13.0. The second-order valence-electron chi connectivity index (χ2n) is 6.31. The van der Waals surface area contributed by atoms with Gasteiger partial charge in [-0.3, -0.25) is 0 Å². The molecule has 2 heteroatoms. The molecule has 0 aliphatic heterocycles. The zero-order chi connectivity index (χ0) is 15.1. The van der Waals surface area contributed by atoms with Crippen LogP contribution in [0.5, 0.6) is 0 Å². The van der Waals surface area contributed by atoms with Crippen molar-refractivity contribution in [3.05, 3.63) is 41.5 Å². The molecule has 0 atom stereocenters. The Labute approximate surface area is 127 Å². The Balaban J connectivity index is 1.83. The summed E-state index contributed by atoms with van der Waals surface area (Å²) in [6, 6.07) is 7.66. The summed E-state index contributed by atoms with van der Waals surface area (Å²) in [7, 11) is 0. The molecular formula is C19H26F2. The van der Waals surface area contributed by atoms with E-state index < -0.39 is 6.08 Å². The van der Waals surface area contributed by atoms with Gasteiger partial charge in [0.1, 0.15) is 0 Å². The first-order chi connectivity index (χ1) is 10.2. The summed E-state index contributed by atoms with van der Waals surface area (Å²) >= 11 is 0. The average molecular weight is 292 g/mol. The summed E-state index contributed by atoms with van der Waals surface area (Å²) in [5.74, 6) is 1.54. The van der Waals surface area contributed by atoms with Gasteiger partial charge in [-0.05, 0) is 48.6 Å². The van der Waals surface area contributed by atoms with E-state index >= 15 is 0 Å². The van der Waals surface area contributed by atoms with Gasteiger partial charge >= 0.3 is 0 Å². The molecule has 0 N–H and O–H groups in total. The highest BCUT2D eigenvalue weighted by molar-refractivity contribution is 5.50. The Morgan fingerprint density at radius 2 is 1.71 bits per heavy atom. The molecule has 0 saturated heterocycles. The molecule has 116 valence electrons. The minimum Gasteiger partial charge on any atom is -0.173 e. The summed E-state index contributed by atoms with van der Waals surface area (Å²) < 4.78 is 24.4. The summed E-state index contributed by atoms with van der Waals surface area (Å²) in [5.41, 5.74) is 1.91. The highest BCUT2D eigenvalue weighted by Crippen LogP contribution is 2.37. The van der Waals surface area contributed by atoms with Gasteiger partial charge in [-0.25, -0.2) is 0 Å². The number of hydrogen-bond donors (Lipinski definition) is 0. The molecule has 0 aromatic heterocycles. The molecule has 0 nitrogen and oxygen atoms in total. The maximum Gasteiger partial charge on any atom is 0.270 e. The molecule has 0 bridgehead atoms. The van der Waals surface area contributed by atoms with E-state index in [0.29, 0.717) is 11.5 Å². The Morgan fingerprint density at radius 3 is 2.29 bits per heavy atom. The highest BCUT2D eigenvalue weighted by atomic mass is 19.3. The van der Waals surface area contributed by atoms with Crippen molar-refractivity contribution in [1.29, 1.82) is 0 Å². The van der Waals surface area contributed by atoms with E-state index in [-0.39, 0.29) is 0 Å². The molecule has 1 aliphatic carbocycles. The van der Waals surface area contributed by atoms with Gasteiger partial charge in [-0.15, -0.1) is 0 Å². The predicted octanol–water partition coefficient (Wildman–Crippen LogP) is 6.78. The smallest absolute Gasteiger partial charge is 0.173 e. The topological polar surface area (TPSA) is 0 Å². The molecule has 0 spiro atoms. The third-order valence-electron chi connectivity index (χ3n) is 4.75. The van der Waals surface area contributed by atoms with Gasteiger partial charge in [0.25, 0.3) is 6.08 Å². The van der Waals surface area contributed by atoms with Gasteiger partial charge in [-0.1, -0.05) is 56.9 Å². The molecule has 21 heavy (non-hydrogen) atoms. The van der Waals surface area contributed by atoms with Crippen LogP contribution < -0.4 is 0 Å². The van der Waals surface area contributed by atoms with E-state index in [9.17, 15) is 8.78 Å². The van der Waals surface area contributed by atoms with Crippen LogP contribution in [0.2, 0.25) is 0 Å². The first-order valence-electron chi connectivity index (χ1n) is 8.31. The fraction of sp³-hybridized carbons (Fsp3) is 0.579. The fourth-order valence-electron chi connectivity index (χ4n) is 3.46. The SMILES string of the molecule is CCCCC[C@H]1CC[C@H](c2ccc(C=C(F)F)cc2)CC1. The lowest BCUT2D eigenvalue weighted by Crippen LogP contribution is -2.13. The van der Waals surface area contributed by atoms with Gasteiger partial charge in [0.15, 0.2) is 0 Å². The van der Waals surface area contributed by atoms with Crippen molar-refractivity contribution in [2.45, 2.75) is 64.2 Å². The Bertz CT molecular complexity index is 435. The van der Waals surface area contributed by atoms with Gasteiger partial charge in [-0.2, -0.15) is 8.78 Å². The van der Waals surface area contributed by atoms with Crippen LogP contribution in [0, 0.1) is 5.92 Å². The molecule has 0 radical (unpaired) electrons. The van der Waals surface area contributed by atoms with Crippen LogP contribution in [0.25, 0.3) is 6.08 Å². The maximum absolute atomic E-state index is 12.2. The molecule has 1 aliphatic rings. The van der Waals surface area contributed by atoms with Gasteiger partial charge in [0.2, 0.25) is 0 Å². The first kappa shape index (κ1) is 16.2. The molecule has 1 aromatic rings. The van der Waals surface area contributed by atoms with Crippen LogP contribution in [0.3, 0.4) is 0 Å². The van der Waals surface area contributed by atoms with E-state index in [1.54, 1.807) is 0 Å². The molecule has 0 amide bonds. The number of halogens is 2. The molecular weight excluding hydrogens is 266 g/mol. The van der Waals surface area contributed by atoms with Crippen molar-refractivity contribution in [2.75, 3.05) is 0 Å². The summed E-state index contributed by atoms with van der Waals surface area (Å²) in [5, 5.41) is 0. The monoisotopic (exact) mass is 292 g/mol. The predicted molar refractivity (Wildman–Crippen MR) is 85.5 cm³/mol. The third kappa shape index (κ3) is 5.26. The van der Waals surface area contributed by atoms with Gasteiger partial charge in [0.05, 0.1) is 0 Å². The second kappa shape index (κ2) is 8.31. The molecule has 1 fully saturated rings. The van der Waals surface area contributed by atoms with E-state index in [1.807, 2.05) is 24.3 Å². The Kier molecular flexibility index (Phi) is 6.41. The van der Waals surface area contributed by atoms with Gasteiger partial charge < -0.3 is 0 Å². The number of rotatable bonds is 6. The minimum absolute atomic E-state index is 0.590. The van der Waals surface area contributed by atoms with E-state index in [1.165, 1.54) is 56.9 Å². The van der Waals surface area contributed by atoms with Gasteiger partial charge in [0, 0.05) is 6.08 Å². The molecule has 0 heterocycles. The summed E-state index contributed by atoms with van der Waals surface area (Å²) in [4.78, 5) is 0. The molecule has 1 saturated carbocycles. The molecule has 2 rings (SSSR count). The van der Waals surface area contributed by atoms with Crippen molar-refractivity contribution in [3.8, 4) is 0 Å². The third-order valence-corrected chi connectivity index (χ3v) is 4.75. The van der Waals surface area contributed by atoms with Crippen molar-refractivity contribution in [1.82, 2.24) is 0 Å². The van der Waals surface area contributed by atoms with Crippen molar-refractivity contribution in [2.24, 2.45) is 5.92 Å². The zero-order valence-electron chi connectivity index (χ0n) is 13.0. The standard InChI is InChI=1S/C19H26F2/c1-2-3-4-5-15-6-10-17(11-7-15)18-12-8-16(9-13-18)14-19(20)21/h8-9,12-15,17H,2-7,10-11H2,1H3/t15-,17-. The lowest BCUT2D eigenvalue weighted by Gasteiger charge is -2.29. The fourth-order valence-corrected chi connectivity index (χ4v) is 3.46. The Morgan fingerprint density at radius 1 is 1.05 bits per heavy atom. The van der Waals surface area contributed by atoms with Crippen LogP contribution >= 0.6 is 0 Å². The Hall–Kier alpha value is -1.18. The average Bonchev–Trinajstić information content (AvgIpc) is 2.49. The lowest BCUT2D eigenvalue weighted by atomic mass is 9.77. The highest BCUT2D eigenvalue weighted by Gasteiger charge is 2.21. The van der Waals surface area contributed by atoms with Crippen molar-refractivity contribution >= 4 is 6.08 Å². The number of hydrogen-bond acceptors (Lipinski definition) is 0. The van der Waals surface area contributed by atoms with E-state index in [0.717, 1.165) is 12.0 Å². The molecule has 0 unspecified atom stereocenters. The lowest BCUT2D eigenvalue weighted by molar-refractivity contribution is 0.303. The van der Waals surface area contributed by atoms with Crippen LogP contribution in [0.1, 0.15) is 75.3 Å². The largest absolute Gasteiger partial charge is 0.270 e. The van der Waals surface area contributed by atoms with E-state index in [4.69, 9.17) is 0 Å². The first-order valence-corrected chi connectivity index (χ1v) is 8.31. The number of benzene rings is 1. The summed E-state index contributed by atoms with van der Waals surface area (Å²) in [6.07, 6.45) is 9.89. The maximum atomic E-state index is 12.2. The van der Waals surface area contributed by atoms with Crippen LogP contribution in [-0.2, 0) is 0 Å².